The maximum absolute atomic E-state index is 12.0. The van der Waals surface area contributed by atoms with Crippen molar-refractivity contribution >= 4 is 22.5 Å². The molecule has 2 rings (SSSR count). The smallest absolute Gasteiger partial charge is 0.241 e. The topological polar surface area (TPSA) is 68.0 Å². The van der Waals surface area contributed by atoms with Crippen LogP contribution in [0.4, 0.5) is 5.69 Å². The van der Waals surface area contributed by atoms with E-state index < -0.39 is 6.04 Å². The van der Waals surface area contributed by atoms with Crippen LogP contribution in [0.3, 0.4) is 0 Å². The second-order valence-corrected chi connectivity index (χ2v) is 4.71. The Balaban J connectivity index is 2.30. The molecular formula is C15H19N3O. The molecule has 1 heterocycles. The third-order valence-corrected chi connectivity index (χ3v) is 3.05. The molecule has 1 aromatic heterocycles. The van der Waals surface area contributed by atoms with E-state index in [1.807, 2.05) is 44.2 Å². The molecule has 0 radical (unpaired) electrons. The van der Waals surface area contributed by atoms with Gasteiger partial charge in [0.15, 0.2) is 0 Å². The molecular weight excluding hydrogens is 238 g/mol. The van der Waals surface area contributed by atoms with Crippen LogP contribution in [0.1, 0.15) is 25.5 Å². The van der Waals surface area contributed by atoms with Crippen molar-refractivity contribution in [3.63, 3.8) is 0 Å². The van der Waals surface area contributed by atoms with Crippen LogP contribution in [0, 0.1) is 6.92 Å². The van der Waals surface area contributed by atoms with E-state index in [-0.39, 0.29) is 5.91 Å². The molecule has 1 aromatic carbocycles. The summed E-state index contributed by atoms with van der Waals surface area (Å²) in [6.45, 7) is 3.94. The number of carbonyl (C=O) groups excluding carboxylic acids is 1. The SMILES string of the molecule is CCC[C@H](N)C(=O)Nc1cccc2ccc(C)nc12. The molecule has 0 unspecified atom stereocenters. The van der Waals surface area contributed by atoms with Gasteiger partial charge in [0.25, 0.3) is 0 Å². The summed E-state index contributed by atoms with van der Waals surface area (Å²) >= 11 is 0. The van der Waals surface area contributed by atoms with Crippen LogP contribution in [-0.4, -0.2) is 16.9 Å². The number of pyridine rings is 1. The highest BCUT2D eigenvalue weighted by molar-refractivity contribution is 6.02. The maximum Gasteiger partial charge on any atom is 0.241 e. The normalized spacial score (nSPS) is 12.4. The fraction of sp³-hybridized carbons (Fsp3) is 0.333. The van der Waals surface area contributed by atoms with Crippen LogP contribution in [0.15, 0.2) is 30.3 Å². The summed E-state index contributed by atoms with van der Waals surface area (Å²) in [5.41, 5.74) is 8.27. The monoisotopic (exact) mass is 257 g/mol. The first-order valence-corrected chi connectivity index (χ1v) is 6.54. The first-order chi connectivity index (χ1) is 9.11. The molecule has 0 aliphatic heterocycles. The van der Waals surface area contributed by atoms with Crippen molar-refractivity contribution in [3.8, 4) is 0 Å². The largest absolute Gasteiger partial charge is 0.323 e. The molecule has 4 nitrogen and oxygen atoms in total. The zero-order valence-corrected chi connectivity index (χ0v) is 11.3. The van der Waals surface area contributed by atoms with Gasteiger partial charge in [-0.05, 0) is 25.5 Å². The molecule has 1 atom stereocenters. The minimum absolute atomic E-state index is 0.155. The first kappa shape index (κ1) is 13.5. The number of anilines is 1. The Morgan fingerprint density at radius 1 is 1.37 bits per heavy atom. The van der Waals surface area contributed by atoms with E-state index in [1.165, 1.54) is 0 Å². The molecule has 0 saturated carbocycles. The van der Waals surface area contributed by atoms with Crippen LogP contribution in [0.5, 0.6) is 0 Å². The van der Waals surface area contributed by atoms with Crippen molar-refractivity contribution in [3.05, 3.63) is 36.0 Å². The number of carbonyl (C=O) groups is 1. The number of aromatic nitrogens is 1. The summed E-state index contributed by atoms with van der Waals surface area (Å²) in [5.74, 6) is -0.155. The molecule has 2 aromatic rings. The lowest BCUT2D eigenvalue weighted by Crippen LogP contribution is -2.35. The number of fused-ring (bicyclic) bond motifs is 1. The highest BCUT2D eigenvalue weighted by Gasteiger charge is 2.13. The van der Waals surface area contributed by atoms with Gasteiger partial charge in [0.05, 0.1) is 17.2 Å². The number of hydrogen-bond donors (Lipinski definition) is 2. The Bertz CT molecular complexity index is 595. The summed E-state index contributed by atoms with van der Waals surface area (Å²) in [6, 6.07) is 9.22. The Morgan fingerprint density at radius 2 is 2.16 bits per heavy atom. The van der Waals surface area contributed by atoms with E-state index in [4.69, 9.17) is 5.73 Å². The Kier molecular flexibility index (Phi) is 4.12. The van der Waals surface area contributed by atoms with Gasteiger partial charge in [0, 0.05) is 11.1 Å². The summed E-state index contributed by atoms with van der Waals surface area (Å²) in [7, 11) is 0. The molecule has 0 aliphatic carbocycles. The second-order valence-electron chi connectivity index (χ2n) is 4.71. The summed E-state index contributed by atoms with van der Waals surface area (Å²) in [5, 5.41) is 3.88. The first-order valence-electron chi connectivity index (χ1n) is 6.54. The number of amides is 1. The van der Waals surface area contributed by atoms with Crippen molar-refractivity contribution in [2.45, 2.75) is 32.7 Å². The van der Waals surface area contributed by atoms with Gasteiger partial charge in [-0.1, -0.05) is 31.5 Å². The van der Waals surface area contributed by atoms with Crippen molar-refractivity contribution in [2.24, 2.45) is 5.73 Å². The second kappa shape index (κ2) is 5.80. The standard InChI is InChI=1S/C15H19N3O/c1-3-5-12(16)15(19)18-13-7-4-6-11-9-8-10(2)17-14(11)13/h4,6-9,12H,3,5,16H2,1-2H3,(H,18,19)/t12-/m0/s1. The van der Waals surface area contributed by atoms with Crippen LogP contribution in [0.25, 0.3) is 10.9 Å². The molecule has 0 aliphatic rings. The van der Waals surface area contributed by atoms with Crippen molar-refractivity contribution in [1.82, 2.24) is 4.98 Å². The van der Waals surface area contributed by atoms with Gasteiger partial charge in [0.2, 0.25) is 5.91 Å². The van der Waals surface area contributed by atoms with Gasteiger partial charge in [-0.3, -0.25) is 9.78 Å². The van der Waals surface area contributed by atoms with E-state index in [9.17, 15) is 4.79 Å². The maximum atomic E-state index is 12.0. The molecule has 0 saturated heterocycles. The van der Waals surface area contributed by atoms with E-state index >= 15 is 0 Å². The van der Waals surface area contributed by atoms with Crippen LogP contribution in [0.2, 0.25) is 0 Å². The Labute approximate surface area is 113 Å². The van der Waals surface area contributed by atoms with Gasteiger partial charge in [-0.15, -0.1) is 0 Å². The number of nitrogens with zero attached hydrogens (tertiary/aromatic N) is 1. The van der Waals surface area contributed by atoms with Gasteiger partial charge in [-0.25, -0.2) is 0 Å². The third-order valence-electron chi connectivity index (χ3n) is 3.05. The van der Waals surface area contributed by atoms with E-state index in [0.29, 0.717) is 6.42 Å². The highest BCUT2D eigenvalue weighted by atomic mass is 16.2. The molecule has 0 spiro atoms. The van der Waals surface area contributed by atoms with Crippen molar-refractivity contribution in [1.29, 1.82) is 0 Å². The molecule has 0 fully saturated rings. The van der Waals surface area contributed by atoms with Gasteiger partial charge >= 0.3 is 0 Å². The average molecular weight is 257 g/mol. The fourth-order valence-electron chi connectivity index (χ4n) is 2.01. The molecule has 19 heavy (non-hydrogen) atoms. The zero-order valence-electron chi connectivity index (χ0n) is 11.3. The van der Waals surface area contributed by atoms with Gasteiger partial charge < -0.3 is 11.1 Å². The fourth-order valence-corrected chi connectivity index (χ4v) is 2.01. The minimum atomic E-state index is -0.468. The van der Waals surface area contributed by atoms with Crippen molar-refractivity contribution in [2.75, 3.05) is 5.32 Å². The quantitative estimate of drug-likeness (QED) is 0.884. The molecule has 100 valence electrons. The predicted octanol–water partition coefficient (Wildman–Crippen LogP) is 2.61. The number of nitrogens with one attached hydrogen (secondary N) is 1. The van der Waals surface area contributed by atoms with Gasteiger partial charge in [-0.2, -0.15) is 0 Å². The van der Waals surface area contributed by atoms with Crippen LogP contribution >= 0.6 is 0 Å². The predicted molar refractivity (Wildman–Crippen MR) is 78.0 cm³/mol. The van der Waals surface area contributed by atoms with E-state index in [1.54, 1.807) is 0 Å². The summed E-state index contributed by atoms with van der Waals surface area (Å²) < 4.78 is 0. The number of benzene rings is 1. The number of rotatable bonds is 4. The van der Waals surface area contributed by atoms with Gasteiger partial charge in [0.1, 0.15) is 0 Å². The zero-order chi connectivity index (χ0) is 13.8. The number of nitrogens with two attached hydrogens (primary N) is 1. The molecule has 3 N–H and O–H groups in total. The Morgan fingerprint density at radius 3 is 2.89 bits per heavy atom. The van der Waals surface area contributed by atoms with E-state index in [2.05, 4.69) is 10.3 Å². The minimum Gasteiger partial charge on any atom is -0.323 e. The van der Waals surface area contributed by atoms with Crippen LogP contribution < -0.4 is 11.1 Å². The molecule has 4 heteroatoms. The lowest BCUT2D eigenvalue weighted by atomic mass is 10.1. The lowest BCUT2D eigenvalue weighted by molar-refractivity contribution is -0.117. The molecule has 1 amide bonds. The number of para-hydroxylation sites is 1. The average Bonchev–Trinajstić information content (AvgIpc) is 2.39. The number of hydrogen-bond acceptors (Lipinski definition) is 3. The lowest BCUT2D eigenvalue weighted by Gasteiger charge is -2.12. The summed E-state index contributed by atoms with van der Waals surface area (Å²) in [6.07, 6.45) is 1.57. The van der Waals surface area contributed by atoms with E-state index in [0.717, 1.165) is 28.7 Å². The third kappa shape index (κ3) is 3.09. The van der Waals surface area contributed by atoms with Crippen LogP contribution in [-0.2, 0) is 4.79 Å². The number of aryl methyl sites for hydroxylation is 1. The Hall–Kier alpha value is -1.94. The van der Waals surface area contributed by atoms with Crippen molar-refractivity contribution < 1.29 is 4.79 Å². The molecule has 0 bridgehead atoms. The summed E-state index contributed by atoms with van der Waals surface area (Å²) in [4.78, 5) is 16.4. The highest BCUT2D eigenvalue weighted by Crippen LogP contribution is 2.21.